The van der Waals surface area contributed by atoms with Crippen molar-refractivity contribution in [3.63, 3.8) is 0 Å². The standard InChI is InChI=1S/C10H16INO2/c1-8(3-2-6-13)12-7-9-4-5-10(11)14-9/h4-5,8,12-13H,2-3,6-7H2,1H3. The van der Waals surface area contributed by atoms with Gasteiger partial charge < -0.3 is 14.8 Å². The molecule has 0 fully saturated rings. The molecule has 14 heavy (non-hydrogen) atoms. The van der Waals surface area contributed by atoms with Gasteiger partial charge in [0, 0.05) is 12.6 Å². The molecular formula is C10H16INO2. The molecule has 80 valence electrons. The molecule has 0 spiro atoms. The summed E-state index contributed by atoms with van der Waals surface area (Å²) in [6.45, 7) is 3.14. The van der Waals surface area contributed by atoms with Gasteiger partial charge in [-0.2, -0.15) is 0 Å². The Balaban J connectivity index is 2.20. The van der Waals surface area contributed by atoms with Crippen molar-refractivity contribution in [1.29, 1.82) is 0 Å². The van der Waals surface area contributed by atoms with Gasteiger partial charge in [0.25, 0.3) is 0 Å². The number of rotatable bonds is 6. The van der Waals surface area contributed by atoms with Crippen molar-refractivity contribution in [2.75, 3.05) is 6.61 Å². The fourth-order valence-corrected chi connectivity index (χ4v) is 1.68. The van der Waals surface area contributed by atoms with Gasteiger partial charge in [0.15, 0.2) is 3.77 Å². The zero-order valence-corrected chi connectivity index (χ0v) is 10.5. The Morgan fingerprint density at radius 2 is 2.36 bits per heavy atom. The van der Waals surface area contributed by atoms with Crippen LogP contribution in [0.15, 0.2) is 16.5 Å². The van der Waals surface area contributed by atoms with E-state index < -0.39 is 0 Å². The monoisotopic (exact) mass is 309 g/mol. The zero-order valence-electron chi connectivity index (χ0n) is 8.29. The molecule has 0 bridgehead atoms. The molecule has 0 aromatic carbocycles. The Morgan fingerprint density at radius 3 is 2.93 bits per heavy atom. The van der Waals surface area contributed by atoms with E-state index in [-0.39, 0.29) is 6.61 Å². The van der Waals surface area contributed by atoms with E-state index in [1.807, 2.05) is 12.1 Å². The molecule has 1 rings (SSSR count). The van der Waals surface area contributed by atoms with Crippen LogP contribution in [0.25, 0.3) is 0 Å². The molecule has 0 saturated heterocycles. The Kier molecular flexibility index (Phi) is 5.50. The molecule has 2 N–H and O–H groups in total. The van der Waals surface area contributed by atoms with Gasteiger partial charge in [-0.1, -0.05) is 0 Å². The van der Waals surface area contributed by atoms with Gasteiger partial charge in [-0.05, 0) is 54.5 Å². The minimum Gasteiger partial charge on any atom is -0.454 e. The van der Waals surface area contributed by atoms with Crippen LogP contribution in [0.5, 0.6) is 0 Å². The number of hydrogen-bond donors (Lipinski definition) is 2. The highest BCUT2D eigenvalue weighted by molar-refractivity contribution is 14.1. The maximum Gasteiger partial charge on any atom is 0.164 e. The van der Waals surface area contributed by atoms with Gasteiger partial charge in [0.2, 0.25) is 0 Å². The predicted octanol–water partition coefficient (Wildman–Crippen LogP) is 2.13. The second kappa shape index (κ2) is 6.42. The molecule has 1 heterocycles. The van der Waals surface area contributed by atoms with E-state index in [1.165, 1.54) is 0 Å². The summed E-state index contributed by atoms with van der Waals surface area (Å²) in [5.74, 6) is 0.963. The van der Waals surface area contributed by atoms with Crippen molar-refractivity contribution in [1.82, 2.24) is 5.32 Å². The molecule has 0 aliphatic rings. The minimum absolute atomic E-state index is 0.269. The van der Waals surface area contributed by atoms with E-state index in [1.54, 1.807) is 0 Å². The lowest BCUT2D eigenvalue weighted by atomic mass is 10.2. The molecule has 1 aromatic rings. The lowest BCUT2D eigenvalue weighted by Gasteiger charge is -2.11. The summed E-state index contributed by atoms with van der Waals surface area (Å²) < 4.78 is 6.33. The van der Waals surface area contributed by atoms with Crippen molar-refractivity contribution in [2.24, 2.45) is 0 Å². The first kappa shape index (κ1) is 12.0. The average molecular weight is 309 g/mol. The molecule has 0 aliphatic heterocycles. The lowest BCUT2D eigenvalue weighted by molar-refractivity contribution is 0.275. The average Bonchev–Trinajstić information content (AvgIpc) is 2.58. The van der Waals surface area contributed by atoms with Crippen LogP contribution in [-0.2, 0) is 6.54 Å². The second-order valence-corrected chi connectivity index (χ2v) is 4.42. The zero-order chi connectivity index (χ0) is 10.4. The van der Waals surface area contributed by atoms with Gasteiger partial charge in [-0.3, -0.25) is 0 Å². The first-order valence-electron chi connectivity index (χ1n) is 4.81. The maximum atomic E-state index is 8.66. The van der Waals surface area contributed by atoms with E-state index in [4.69, 9.17) is 9.52 Å². The lowest BCUT2D eigenvalue weighted by Crippen LogP contribution is -2.25. The number of hydrogen-bond acceptors (Lipinski definition) is 3. The van der Waals surface area contributed by atoms with Crippen molar-refractivity contribution >= 4 is 22.6 Å². The molecular weight excluding hydrogens is 293 g/mol. The molecule has 0 aliphatic carbocycles. The van der Waals surface area contributed by atoms with Gasteiger partial charge in [0.05, 0.1) is 6.54 Å². The number of nitrogens with one attached hydrogen (secondary N) is 1. The predicted molar refractivity (Wildman–Crippen MR) is 64.0 cm³/mol. The van der Waals surface area contributed by atoms with Gasteiger partial charge in [-0.15, -0.1) is 0 Å². The summed E-state index contributed by atoms with van der Waals surface area (Å²) in [7, 11) is 0. The van der Waals surface area contributed by atoms with Crippen molar-refractivity contribution in [2.45, 2.75) is 32.4 Å². The van der Waals surface area contributed by atoms with Crippen LogP contribution in [-0.4, -0.2) is 17.8 Å². The minimum atomic E-state index is 0.269. The molecule has 1 aromatic heterocycles. The Labute approximate surface area is 98.0 Å². The van der Waals surface area contributed by atoms with E-state index in [0.29, 0.717) is 6.04 Å². The quantitative estimate of drug-likeness (QED) is 0.791. The van der Waals surface area contributed by atoms with Crippen molar-refractivity contribution < 1.29 is 9.52 Å². The third-order valence-electron chi connectivity index (χ3n) is 2.05. The van der Waals surface area contributed by atoms with E-state index in [0.717, 1.165) is 28.9 Å². The van der Waals surface area contributed by atoms with Crippen molar-refractivity contribution in [3.8, 4) is 0 Å². The van der Waals surface area contributed by atoms with E-state index >= 15 is 0 Å². The van der Waals surface area contributed by atoms with Crippen LogP contribution in [0.1, 0.15) is 25.5 Å². The first-order chi connectivity index (χ1) is 6.72. The maximum absolute atomic E-state index is 8.66. The van der Waals surface area contributed by atoms with Gasteiger partial charge >= 0.3 is 0 Å². The van der Waals surface area contributed by atoms with Crippen LogP contribution in [0, 0.1) is 3.77 Å². The molecule has 4 heteroatoms. The number of halogens is 1. The highest BCUT2D eigenvalue weighted by atomic mass is 127. The number of aliphatic hydroxyl groups excluding tert-OH is 1. The smallest absolute Gasteiger partial charge is 0.164 e. The highest BCUT2D eigenvalue weighted by Gasteiger charge is 2.03. The number of aliphatic hydroxyl groups is 1. The summed E-state index contributed by atoms with van der Waals surface area (Å²) in [4.78, 5) is 0. The molecule has 0 amide bonds. The second-order valence-electron chi connectivity index (χ2n) is 3.35. The van der Waals surface area contributed by atoms with Crippen LogP contribution in [0.2, 0.25) is 0 Å². The highest BCUT2D eigenvalue weighted by Crippen LogP contribution is 2.10. The van der Waals surface area contributed by atoms with Crippen LogP contribution in [0.4, 0.5) is 0 Å². The summed E-state index contributed by atoms with van der Waals surface area (Å²) >= 11 is 2.15. The molecule has 1 unspecified atom stereocenters. The van der Waals surface area contributed by atoms with Crippen LogP contribution < -0.4 is 5.32 Å². The third kappa shape index (κ3) is 4.43. The fourth-order valence-electron chi connectivity index (χ4n) is 1.22. The molecule has 0 radical (unpaired) electrons. The first-order valence-corrected chi connectivity index (χ1v) is 5.88. The normalized spacial score (nSPS) is 13.1. The topological polar surface area (TPSA) is 45.4 Å². The van der Waals surface area contributed by atoms with Crippen molar-refractivity contribution in [3.05, 3.63) is 21.7 Å². The summed E-state index contributed by atoms with van der Waals surface area (Å²) in [5.41, 5.74) is 0. The van der Waals surface area contributed by atoms with Crippen LogP contribution >= 0.6 is 22.6 Å². The summed E-state index contributed by atoms with van der Waals surface area (Å²) in [6.07, 6.45) is 1.85. The molecule has 1 atom stereocenters. The fraction of sp³-hybridized carbons (Fsp3) is 0.600. The molecule has 0 saturated carbocycles. The van der Waals surface area contributed by atoms with Crippen LogP contribution in [0.3, 0.4) is 0 Å². The summed E-state index contributed by atoms with van der Waals surface area (Å²) in [6, 6.07) is 4.36. The largest absolute Gasteiger partial charge is 0.454 e. The Morgan fingerprint density at radius 1 is 1.57 bits per heavy atom. The van der Waals surface area contributed by atoms with Gasteiger partial charge in [0.1, 0.15) is 5.76 Å². The van der Waals surface area contributed by atoms with E-state index in [2.05, 4.69) is 34.8 Å². The third-order valence-corrected chi connectivity index (χ3v) is 2.63. The van der Waals surface area contributed by atoms with Gasteiger partial charge in [-0.25, -0.2) is 0 Å². The SMILES string of the molecule is CC(CCCO)NCc1ccc(I)o1. The molecule has 3 nitrogen and oxygen atoms in total. The van der Waals surface area contributed by atoms with E-state index in [9.17, 15) is 0 Å². The summed E-state index contributed by atoms with van der Waals surface area (Å²) in [5, 5.41) is 12.0. The number of furan rings is 1. The Bertz CT molecular complexity index is 262. The Hall–Kier alpha value is -0.0700.